The molecule has 4 nitrogen and oxygen atoms in total. The first-order valence-electron chi connectivity index (χ1n) is 5.90. The molecule has 0 radical (unpaired) electrons. The fraction of sp³-hybridized carbons (Fsp3) is 0. The molecule has 4 heteroatoms. The van der Waals surface area contributed by atoms with Gasteiger partial charge in [0.05, 0.1) is 16.8 Å². The molecular formula is C15H11N3O. The number of amides is 1. The number of anilines is 1. The standard InChI is InChI=1S/C15H11N3O/c19-15(11-4-3-8-16-10-11)18-14-7-9-17-13-6-2-1-5-12(13)14/h1-10H,(H,17,18,19). The van der Waals surface area contributed by atoms with Crippen LogP contribution in [0.3, 0.4) is 0 Å². The van der Waals surface area contributed by atoms with E-state index in [0.29, 0.717) is 5.56 Å². The Labute approximate surface area is 110 Å². The van der Waals surface area contributed by atoms with E-state index < -0.39 is 0 Å². The molecule has 3 aromatic rings. The maximum atomic E-state index is 12.1. The molecule has 0 spiro atoms. The van der Waals surface area contributed by atoms with Crippen LogP contribution in [-0.2, 0) is 0 Å². The number of carbonyl (C=O) groups is 1. The largest absolute Gasteiger partial charge is 0.321 e. The third kappa shape index (κ3) is 2.28. The third-order valence-electron chi connectivity index (χ3n) is 2.82. The average molecular weight is 249 g/mol. The Hall–Kier alpha value is -2.75. The van der Waals surface area contributed by atoms with Gasteiger partial charge in [-0.1, -0.05) is 18.2 Å². The van der Waals surface area contributed by atoms with E-state index in [-0.39, 0.29) is 5.91 Å². The molecule has 2 heterocycles. The highest BCUT2D eigenvalue weighted by Gasteiger charge is 2.08. The Morgan fingerprint density at radius 3 is 2.74 bits per heavy atom. The summed E-state index contributed by atoms with van der Waals surface area (Å²) in [7, 11) is 0. The van der Waals surface area contributed by atoms with Gasteiger partial charge in [-0.15, -0.1) is 0 Å². The normalized spacial score (nSPS) is 10.3. The second kappa shape index (κ2) is 4.86. The quantitative estimate of drug-likeness (QED) is 0.759. The predicted molar refractivity (Wildman–Crippen MR) is 73.9 cm³/mol. The first kappa shape index (κ1) is 11.3. The molecule has 0 saturated heterocycles. The monoisotopic (exact) mass is 249 g/mol. The number of hydrogen-bond donors (Lipinski definition) is 1. The number of pyridine rings is 2. The van der Waals surface area contributed by atoms with Crippen molar-refractivity contribution in [2.75, 3.05) is 5.32 Å². The van der Waals surface area contributed by atoms with Gasteiger partial charge in [0.2, 0.25) is 0 Å². The van der Waals surface area contributed by atoms with Gasteiger partial charge >= 0.3 is 0 Å². The molecule has 1 amide bonds. The number of hydrogen-bond acceptors (Lipinski definition) is 3. The van der Waals surface area contributed by atoms with Crippen molar-refractivity contribution in [3.05, 3.63) is 66.6 Å². The number of carbonyl (C=O) groups excluding carboxylic acids is 1. The van der Waals surface area contributed by atoms with E-state index in [9.17, 15) is 4.79 Å². The lowest BCUT2D eigenvalue weighted by Gasteiger charge is -2.07. The number of nitrogens with one attached hydrogen (secondary N) is 1. The van der Waals surface area contributed by atoms with Gasteiger partial charge in [0.25, 0.3) is 5.91 Å². The van der Waals surface area contributed by atoms with Crippen molar-refractivity contribution < 1.29 is 4.79 Å². The van der Waals surface area contributed by atoms with E-state index >= 15 is 0 Å². The minimum atomic E-state index is -0.176. The van der Waals surface area contributed by atoms with Crippen LogP contribution in [0.2, 0.25) is 0 Å². The molecule has 0 aliphatic carbocycles. The van der Waals surface area contributed by atoms with Gasteiger partial charge in [0, 0.05) is 24.0 Å². The maximum absolute atomic E-state index is 12.1. The van der Waals surface area contributed by atoms with Crippen LogP contribution < -0.4 is 5.32 Å². The SMILES string of the molecule is O=C(Nc1ccnc2ccccc12)c1cccnc1. The summed E-state index contributed by atoms with van der Waals surface area (Å²) in [6.45, 7) is 0. The minimum Gasteiger partial charge on any atom is -0.321 e. The Bertz CT molecular complexity index is 720. The van der Waals surface area contributed by atoms with E-state index in [1.807, 2.05) is 24.3 Å². The van der Waals surface area contributed by atoms with E-state index in [0.717, 1.165) is 16.6 Å². The Kier molecular flexibility index (Phi) is 2.90. The molecule has 1 aromatic carbocycles. The number of rotatable bonds is 2. The number of para-hydroxylation sites is 1. The lowest BCUT2D eigenvalue weighted by Crippen LogP contribution is -2.12. The molecule has 2 aromatic heterocycles. The van der Waals surface area contributed by atoms with Gasteiger partial charge in [0.1, 0.15) is 0 Å². The number of nitrogens with zero attached hydrogens (tertiary/aromatic N) is 2. The van der Waals surface area contributed by atoms with Crippen LogP contribution >= 0.6 is 0 Å². The first-order chi connectivity index (χ1) is 9.34. The zero-order valence-electron chi connectivity index (χ0n) is 10.1. The first-order valence-corrected chi connectivity index (χ1v) is 5.90. The molecule has 0 aliphatic heterocycles. The summed E-state index contributed by atoms with van der Waals surface area (Å²) in [4.78, 5) is 20.3. The van der Waals surface area contributed by atoms with Gasteiger partial charge in [0.15, 0.2) is 0 Å². The minimum absolute atomic E-state index is 0.176. The van der Waals surface area contributed by atoms with E-state index in [2.05, 4.69) is 15.3 Å². The number of aromatic nitrogens is 2. The Balaban J connectivity index is 1.96. The Morgan fingerprint density at radius 1 is 1.00 bits per heavy atom. The van der Waals surface area contributed by atoms with Crippen molar-refractivity contribution in [2.24, 2.45) is 0 Å². The molecular weight excluding hydrogens is 238 g/mol. The number of benzene rings is 1. The molecule has 0 aliphatic rings. The lowest BCUT2D eigenvalue weighted by atomic mass is 10.2. The highest BCUT2D eigenvalue weighted by molar-refractivity contribution is 6.08. The molecule has 19 heavy (non-hydrogen) atoms. The van der Waals surface area contributed by atoms with Crippen LogP contribution in [0.25, 0.3) is 10.9 Å². The van der Waals surface area contributed by atoms with Crippen LogP contribution in [-0.4, -0.2) is 15.9 Å². The fourth-order valence-electron chi connectivity index (χ4n) is 1.90. The van der Waals surface area contributed by atoms with E-state index in [1.165, 1.54) is 0 Å². The summed E-state index contributed by atoms with van der Waals surface area (Å²) in [6, 6.07) is 12.9. The molecule has 0 saturated carbocycles. The lowest BCUT2D eigenvalue weighted by molar-refractivity contribution is 0.102. The summed E-state index contributed by atoms with van der Waals surface area (Å²) < 4.78 is 0. The molecule has 0 atom stereocenters. The second-order valence-electron chi connectivity index (χ2n) is 4.07. The molecule has 0 unspecified atom stereocenters. The predicted octanol–water partition coefficient (Wildman–Crippen LogP) is 2.88. The maximum Gasteiger partial charge on any atom is 0.257 e. The Morgan fingerprint density at radius 2 is 1.89 bits per heavy atom. The van der Waals surface area contributed by atoms with Crippen molar-refractivity contribution >= 4 is 22.5 Å². The highest BCUT2D eigenvalue weighted by atomic mass is 16.1. The van der Waals surface area contributed by atoms with Crippen molar-refractivity contribution in [1.82, 2.24) is 9.97 Å². The van der Waals surface area contributed by atoms with Gasteiger partial charge in [-0.3, -0.25) is 14.8 Å². The molecule has 3 rings (SSSR count). The van der Waals surface area contributed by atoms with Gasteiger partial charge < -0.3 is 5.32 Å². The van der Waals surface area contributed by atoms with Gasteiger partial charge in [-0.25, -0.2) is 0 Å². The van der Waals surface area contributed by atoms with Crippen LogP contribution in [0.4, 0.5) is 5.69 Å². The van der Waals surface area contributed by atoms with Gasteiger partial charge in [-0.05, 0) is 24.3 Å². The number of fused-ring (bicyclic) bond motifs is 1. The zero-order chi connectivity index (χ0) is 13.1. The molecule has 92 valence electrons. The second-order valence-corrected chi connectivity index (χ2v) is 4.07. The van der Waals surface area contributed by atoms with E-state index in [1.54, 1.807) is 36.8 Å². The summed E-state index contributed by atoms with van der Waals surface area (Å²) >= 11 is 0. The molecule has 0 bridgehead atoms. The molecule has 1 N–H and O–H groups in total. The van der Waals surface area contributed by atoms with Crippen molar-refractivity contribution in [3.8, 4) is 0 Å². The smallest absolute Gasteiger partial charge is 0.257 e. The van der Waals surface area contributed by atoms with Crippen molar-refractivity contribution in [2.45, 2.75) is 0 Å². The van der Waals surface area contributed by atoms with Crippen LogP contribution in [0, 0.1) is 0 Å². The molecule has 0 fully saturated rings. The van der Waals surface area contributed by atoms with Crippen molar-refractivity contribution in [1.29, 1.82) is 0 Å². The third-order valence-corrected chi connectivity index (χ3v) is 2.82. The summed E-state index contributed by atoms with van der Waals surface area (Å²) in [5, 5.41) is 3.80. The van der Waals surface area contributed by atoms with Crippen LogP contribution in [0.5, 0.6) is 0 Å². The zero-order valence-corrected chi connectivity index (χ0v) is 10.1. The van der Waals surface area contributed by atoms with Gasteiger partial charge in [-0.2, -0.15) is 0 Å². The van der Waals surface area contributed by atoms with E-state index in [4.69, 9.17) is 0 Å². The summed E-state index contributed by atoms with van der Waals surface area (Å²) in [5.74, 6) is -0.176. The topological polar surface area (TPSA) is 54.9 Å². The summed E-state index contributed by atoms with van der Waals surface area (Å²) in [5.41, 5.74) is 2.13. The fourth-order valence-corrected chi connectivity index (χ4v) is 1.90. The van der Waals surface area contributed by atoms with Crippen LogP contribution in [0.15, 0.2) is 61.1 Å². The van der Waals surface area contributed by atoms with Crippen molar-refractivity contribution in [3.63, 3.8) is 0 Å². The highest BCUT2D eigenvalue weighted by Crippen LogP contribution is 2.21. The summed E-state index contributed by atoms with van der Waals surface area (Å²) in [6.07, 6.45) is 4.86. The average Bonchev–Trinajstić information content (AvgIpc) is 2.48. The van der Waals surface area contributed by atoms with Crippen LogP contribution in [0.1, 0.15) is 10.4 Å².